The van der Waals surface area contributed by atoms with Gasteiger partial charge in [0, 0.05) is 6.08 Å². The highest BCUT2D eigenvalue weighted by atomic mass is 79.9. The van der Waals surface area contributed by atoms with E-state index in [4.69, 9.17) is 27.9 Å². The van der Waals surface area contributed by atoms with Crippen LogP contribution in [0.4, 0.5) is 0 Å². The van der Waals surface area contributed by atoms with E-state index in [1.165, 1.54) is 6.08 Å². The highest BCUT2D eigenvalue weighted by Crippen LogP contribution is 2.36. The Kier molecular flexibility index (Phi) is 6.47. The van der Waals surface area contributed by atoms with Crippen LogP contribution >= 0.6 is 55.1 Å². The molecule has 0 bridgehead atoms. The van der Waals surface area contributed by atoms with E-state index < -0.39 is 4.92 Å². The smallest absolute Gasteiger partial charge is 0.235 e. The summed E-state index contributed by atoms with van der Waals surface area (Å²) in [7, 11) is 0. The molecule has 0 aliphatic rings. The molecule has 0 unspecified atom stereocenters. The van der Waals surface area contributed by atoms with Crippen LogP contribution in [0.1, 0.15) is 11.1 Å². The Bertz CT molecular complexity index is 758. The van der Waals surface area contributed by atoms with Gasteiger partial charge < -0.3 is 4.74 Å². The number of halogens is 4. The molecule has 2 aromatic rings. The second-order valence-electron chi connectivity index (χ2n) is 4.45. The molecule has 0 saturated heterocycles. The number of rotatable bonds is 5. The first-order chi connectivity index (χ1) is 10.9. The summed E-state index contributed by atoms with van der Waals surface area (Å²) in [4.78, 5) is 9.85. The van der Waals surface area contributed by atoms with Gasteiger partial charge in [0.15, 0.2) is 0 Å². The maximum absolute atomic E-state index is 10.4. The van der Waals surface area contributed by atoms with Gasteiger partial charge in [-0.25, -0.2) is 0 Å². The number of hydrogen-bond acceptors (Lipinski definition) is 3. The van der Waals surface area contributed by atoms with Crippen molar-refractivity contribution < 1.29 is 9.66 Å². The van der Waals surface area contributed by atoms with Crippen molar-refractivity contribution in [2.24, 2.45) is 0 Å². The van der Waals surface area contributed by atoms with Crippen molar-refractivity contribution in [1.29, 1.82) is 0 Å². The molecule has 0 radical (unpaired) electrons. The van der Waals surface area contributed by atoms with Crippen molar-refractivity contribution >= 4 is 61.1 Å². The Morgan fingerprint density at radius 2 is 1.78 bits per heavy atom. The summed E-state index contributed by atoms with van der Waals surface area (Å²) < 4.78 is 7.13. The lowest BCUT2D eigenvalue weighted by Crippen LogP contribution is -1.97. The van der Waals surface area contributed by atoms with Gasteiger partial charge in [-0.1, -0.05) is 29.3 Å². The van der Waals surface area contributed by atoms with E-state index in [0.29, 0.717) is 36.9 Å². The van der Waals surface area contributed by atoms with E-state index in [1.807, 2.05) is 6.07 Å². The first-order valence-electron chi connectivity index (χ1n) is 6.24. The molecule has 0 fully saturated rings. The summed E-state index contributed by atoms with van der Waals surface area (Å²) >= 11 is 18.6. The van der Waals surface area contributed by atoms with Crippen molar-refractivity contribution in [3.63, 3.8) is 0 Å². The third-order valence-corrected chi connectivity index (χ3v) is 4.69. The third-order valence-electron chi connectivity index (χ3n) is 2.78. The summed E-state index contributed by atoms with van der Waals surface area (Å²) in [5, 5.41) is 11.3. The fraction of sp³-hybridized carbons (Fsp3) is 0.0667. The molecule has 0 atom stereocenters. The summed E-state index contributed by atoms with van der Waals surface area (Å²) in [6.45, 7) is 0.304. The molecule has 23 heavy (non-hydrogen) atoms. The Morgan fingerprint density at radius 1 is 1.13 bits per heavy atom. The van der Waals surface area contributed by atoms with Crippen LogP contribution in [0.2, 0.25) is 10.0 Å². The summed E-state index contributed by atoms with van der Waals surface area (Å²) in [6.07, 6.45) is 2.28. The second-order valence-corrected chi connectivity index (χ2v) is 6.97. The molecule has 0 N–H and O–H groups in total. The largest absolute Gasteiger partial charge is 0.487 e. The highest BCUT2D eigenvalue weighted by molar-refractivity contribution is 9.11. The normalized spacial score (nSPS) is 11.0. The zero-order valence-corrected chi connectivity index (χ0v) is 16.1. The van der Waals surface area contributed by atoms with Gasteiger partial charge in [0.05, 0.1) is 23.9 Å². The Morgan fingerprint density at radius 3 is 2.35 bits per heavy atom. The van der Waals surface area contributed by atoms with Gasteiger partial charge in [0.2, 0.25) is 6.20 Å². The molecule has 0 heterocycles. The first kappa shape index (κ1) is 18.3. The third kappa shape index (κ3) is 5.21. The lowest BCUT2D eigenvalue weighted by molar-refractivity contribution is -0.400. The molecule has 0 saturated carbocycles. The van der Waals surface area contributed by atoms with Crippen molar-refractivity contribution in [2.75, 3.05) is 0 Å². The molecule has 120 valence electrons. The summed E-state index contributed by atoms with van der Waals surface area (Å²) in [6, 6.07) is 8.73. The van der Waals surface area contributed by atoms with Crippen molar-refractivity contribution in [3.8, 4) is 5.75 Å². The van der Waals surface area contributed by atoms with Crippen molar-refractivity contribution in [1.82, 2.24) is 0 Å². The Hall–Kier alpha value is -1.08. The van der Waals surface area contributed by atoms with E-state index in [0.717, 1.165) is 11.8 Å². The van der Waals surface area contributed by atoms with Gasteiger partial charge in [-0.05, 0) is 67.3 Å². The van der Waals surface area contributed by atoms with Crippen LogP contribution in [0.3, 0.4) is 0 Å². The maximum Gasteiger partial charge on any atom is 0.235 e. The predicted octanol–water partition coefficient (Wildman–Crippen LogP) is 6.34. The van der Waals surface area contributed by atoms with Crippen LogP contribution in [0, 0.1) is 10.1 Å². The zero-order valence-electron chi connectivity index (χ0n) is 11.4. The van der Waals surface area contributed by atoms with Crippen LogP contribution in [0.25, 0.3) is 6.08 Å². The average molecular weight is 482 g/mol. The molecule has 4 nitrogen and oxygen atoms in total. The minimum absolute atomic E-state index is 0.304. The minimum Gasteiger partial charge on any atom is -0.487 e. The number of nitro groups is 1. The Balaban J connectivity index is 2.16. The van der Waals surface area contributed by atoms with E-state index in [1.54, 1.807) is 24.3 Å². The molecule has 0 aromatic heterocycles. The maximum atomic E-state index is 10.4. The molecular formula is C15H9Br2Cl2NO3. The average Bonchev–Trinajstić information content (AvgIpc) is 2.48. The van der Waals surface area contributed by atoms with Gasteiger partial charge in [0.25, 0.3) is 0 Å². The van der Waals surface area contributed by atoms with Gasteiger partial charge in [-0.3, -0.25) is 10.1 Å². The molecule has 0 amide bonds. The topological polar surface area (TPSA) is 52.4 Å². The molecule has 0 aliphatic heterocycles. The Labute approximate surface area is 159 Å². The van der Waals surface area contributed by atoms with Crippen LogP contribution in [0.15, 0.2) is 45.5 Å². The number of ether oxygens (including phenoxy) is 1. The monoisotopic (exact) mass is 479 g/mol. The van der Waals surface area contributed by atoms with Gasteiger partial charge in [-0.2, -0.15) is 0 Å². The van der Waals surface area contributed by atoms with E-state index in [-0.39, 0.29) is 0 Å². The van der Waals surface area contributed by atoms with Crippen LogP contribution in [0.5, 0.6) is 5.75 Å². The molecular weight excluding hydrogens is 473 g/mol. The zero-order chi connectivity index (χ0) is 17.0. The first-order valence-corrected chi connectivity index (χ1v) is 8.58. The fourth-order valence-corrected chi connectivity index (χ4v) is 3.52. The second kappa shape index (κ2) is 8.15. The van der Waals surface area contributed by atoms with E-state index in [2.05, 4.69) is 31.9 Å². The van der Waals surface area contributed by atoms with E-state index >= 15 is 0 Å². The molecule has 2 aromatic carbocycles. The quantitative estimate of drug-likeness (QED) is 0.369. The fourth-order valence-electron chi connectivity index (χ4n) is 1.75. The van der Waals surface area contributed by atoms with Crippen LogP contribution in [-0.2, 0) is 6.61 Å². The van der Waals surface area contributed by atoms with E-state index in [9.17, 15) is 10.1 Å². The highest BCUT2D eigenvalue weighted by Gasteiger charge is 2.09. The van der Waals surface area contributed by atoms with Crippen molar-refractivity contribution in [3.05, 3.63) is 76.8 Å². The minimum atomic E-state index is -0.517. The van der Waals surface area contributed by atoms with Gasteiger partial charge in [-0.15, -0.1) is 0 Å². The van der Waals surface area contributed by atoms with Crippen LogP contribution < -0.4 is 4.74 Å². The number of nitrogens with zero attached hydrogens (tertiary/aromatic N) is 1. The molecule has 0 spiro atoms. The number of hydrogen-bond donors (Lipinski definition) is 0. The molecule has 8 heteroatoms. The lowest BCUT2D eigenvalue weighted by Gasteiger charge is -2.11. The standard InChI is InChI=1S/C15H9Br2Cl2NO3/c16-11-5-9(3-4-20(21)22)6-12(17)15(11)23-8-10-1-2-13(18)14(19)7-10/h1-7H,8H2. The molecule has 2 rings (SSSR count). The number of benzene rings is 2. The van der Waals surface area contributed by atoms with Crippen LogP contribution in [-0.4, -0.2) is 4.92 Å². The summed E-state index contributed by atoms with van der Waals surface area (Å²) in [5.41, 5.74) is 1.54. The van der Waals surface area contributed by atoms with Crippen molar-refractivity contribution in [2.45, 2.75) is 6.61 Å². The SMILES string of the molecule is O=[N+]([O-])C=Cc1cc(Br)c(OCc2ccc(Cl)c(Cl)c2)c(Br)c1. The molecule has 0 aliphatic carbocycles. The predicted molar refractivity (Wildman–Crippen MR) is 98.7 cm³/mol. The van der Waals surface area contributed by atoms with Gasteiger partial charge in [0.1, 0.15) is 12.4 Å². The lowest BCUT2D eigenvalue weighted by atomic mass is 10.2. The summed E-state index contributed by atoms with van der Waals surface area (Å²) in [5.74, 6) is 0.592. The van der Waals surface area contributed by atoms with Gasteiger partial charge >= 0.3 is 0 Å².